The number of aromatic hydroxyl groups is 3. The number of rotatable bonds is 5. The van der Waals surface area contributed by atoms with Crippen molar-refractivity contribution < 1.29 is 118 Å². The molecule has 4 rings (SSSR count). The summed E-state index contributed by atoms with van der Waals surface area (Å²) in [7, 11) is 0. The topological polar surface area (TPSA) is 60.7 Å². The Labute approximate surface area is 283 Å². The van der Waals surface area contributed by atoms with Crippen molar-refractivity contribution in [1.29, 1.82) is 0 Å². The molecule has 1 aliphatic rings. The molecule has 0 bridgehead atoms. The van der Waals surface area contributed by atoms with Crippen LogP contribution < -0.4 is 103 Å². The van der Waals surface area contributed by atoms with Crippen molar-refractivity contribution in [3.8, 4) is 17.2 Å². The van der Waals surface area contributed by atoms with Gasteiger partial charge in [0.1, 0.15) is 5.75 Å². The number of hydrogen-bond acceptors (Lipinski definition) is 3. The van der Waals surface area contributed by atoms with Crippen molar-refractivity contribution in [3.05, 3.63) is 88.0 Å². The molecule has 1 fully saturated rings. The molecule has 1 aliphatic carbocycles. The summed E-state index contributed by atoms with van der Waals surface area (Å²) in [5.74, 6) is 1.16. The van der Waals surface area contributed by atoms with E-state index in [9.17, 15) is 15.3 Å². The molecule has 0 radical (unpaired) electrons. The molecule has 0 aliphatic heterocycles. The van der Waals surface area contributed by atoms with Crippen LogP contribution in [0.15, 0.2) is 42.5 Å². The zero-order chi connectivity index (χ0) is 21.1. The molecule has 3 aromatic rings. The van der Waals surface area contributed by atoms with Gasteiger partial charge in [-0.2, -0.15) is 35.4 Å². The van der Waals surface area contributed by atoms with Gasteiger partial charge in [-0.3, -0.25) is 0 Å². The summed E-state index contributed by atoms with van der Waals surface area (Å²) < 4.78 is 0. The van der Waals surface area contributed by atoms with Crippen LogP contribution in [0.5, 0.6) is 17.2 Å². The minimum Gasteiger partial charge on any atom is -0.534 e. The fraction of sp³-hybridized carbons (Fsp3) is 0.357. The average Bonchev–Trinajstić information content (AvgIpc) is 2.75. The van der Waals surface area contributed by atoms with E-state index in [1.54, 1.807) is 18.2 Å². The molecule has 0 unspecified atom stereocenters. The largest absolute Gasteiger partial charge is 1.00 e. The molecular weight excluding hydrogens is 463 g/mol. The first-order chi connectivity index (χ1) is 14.5. The van der Waals surface area contributed by atoms with Gasteiger partial charge in [-0.25, -0.2) is 0 Å². The van der Waals surface area contributed by atoms with E-state index in [-0.39, 0.29) is 122 Å². The standard InChI is InChI=1S/C27H28O3.CH4.2K/c1-18-13-20(9-12-26(18)29)15-24-17-22(21-5-3-2-4-6-21)16-23(27(24)30)14-19-7-10-25(28)11-8-19;;;/h7-10,13,16-17,21,28-30H,2-6,14-15H2,1H3;1H4;;/q-2;;2*+1. The fourth-order valence-corrected chi connectivity index (χ4v) is 4.49. The van der Waals surface area contributed by atoms with Crippen molar-refractivity contribution >= 4 is 0 Å². The van der Waals surface area contributed by atoms with Crippen LogP contribution in [0, 0.1) is 19.1 Å². The summed E-state index contributed by atoms with van der Waals surface area (Å²) in [6, 6.07) is 19.1. The maximum absolute atomic E-state index is 11.1. The summed E-state index contributed by atoms with van der Waals surface area (Å²) in [5.41, 5.74) is 5.94. The molecule has 0 amide bonds. The van der Waals surface area contributed by atoms with Crippen molar-refractivity contribution in [1.82, 2.24) is 0 Å². The monoisotopic (exact) mass is 494 g/mol. The second kappa shape index (κ2) is 14.8. The van der Waals surface area contributed by atoms with E-state index in [1.165, 1.54) is 37.7 Å². The first kappa shape index (κ1) is 31.4. The number of benzene rings is 3. The van der Waals surface area contributed by atoms with Crippen LogP contribution in [0.3, 0.4) is 0 Å². The van der Waals surface area contributed by atoms with E-state index in [0.717, 1.165) is 27.8 Å². The molecule has 3 aromatic carbocycles. The van der Waals surface area contributed by atoms with Crippen LogP contribution in [0.2, 0.25) is 0 Å². The summed E-state index contributed by atoms with van der Waals surface area (Å²) >= 11 is 0. The predicted molar refractivity (Wildman–Crippen MR) is 125 cm³/mol. The molecule has 1 saturated carbocycles. The fourth-order valence-electron chi connectivity index (χ4n) is 4.49. The van der Waals surface area contributed by atoms with Crippen LogP contribution >= 0.6 is 0 Å². The van der Waals surface area contributed by atoms with E-state index in [2.05, 4.69) is 24.3 Å². The SMILES string of the molecule is C.Cc1cc(Cc2cc(C3CCCCC3)cc(Cc3c[c-]c(O)cc3)c2O)c[c-]c1O.[K+].[K+]. The van der Waals surface area contributed by atoms with Gasteiger partial charge in [0, 0.05) is 11.5 Å². The first-order valence-electron chi connectivity index (χ1n) is 10.7. The maximum atomic E-state index is 11.1. The Kier molecular flexibility index (Phi) is 14.1. The molecule has 0 atom stereocenters. The first-order valence-corrected chi connectivity index (χ1v) is 10.7. The van der Waals surface area contributed by atoms with Gasteiger partial charge < -0.3 is 15.3 Å². The normalized spacial score (nSPS) is 13.4. The Morgan fingerprint density at radius 1 is 0.818 bits per heavy atom. The summed E-state index contributed by atoms with van der Waals surface area (Å²) in [6.07, 6.45) is 7.41. The van der Waals surface area contributed by atoms with Gasteiger partial charge in [0.2, 0.25) is 0 Å². The smallest absolute Gasteiger partial charge is 0.534 e. The Morgan fingerprint density at radius 3 is 2.00 bits per heavy atom. The zero-order valence-corrected chi connectivity index (χ0v) is 25.7. The van der Waals surface area contributed by atoms with Crippen LogP contribution in [0.1, 0.15) is 78.8 Å². The minimum atomic E-state index is 0. The summed E-state index contributed by atoms with van der Waals surface area (Å²) in [4.78, 5) is 0. The number of phenolic OH excluding ortho intramolecular Hbond substituents is 3. The van der Waals surface area contributed by atoms with E-state index >= 15 is 0 Å². The van der Waals surface area contributed by atoms with Gasteiger partial charge in [0.25, 0.3) is 0 Å². The molecule has 33 heavy (non-hydrogen) atoms. The van der Waals surface area contributed by atoms with Gasteiger partial charge in [0.15, 0.2) is 0 Å². The number of hydrogen-bond donors (Lipinski definition) is 3. The third-order valence-electron chi connectivity index (χ3n) is 6.19. The Hall–Kier alpha value is 0.333. The second-order valence-corrected chi connectivity index (χ2v) is 8.50. The van der Waals surface area contributed by atoms with Gasteiger partial charge in [-0.05, 0) is 48.3 Å². The molecule has 5 heteroatoms. The van der Waals surface area contributed by atoms with Crippen LogP contribution in [-0.2, 0) is 12.8 Å². The van der Waals surface area contributed by atoms with Gasteiger partial charge in [0.05, 0.1) is 0 Å². The minimum absolute atomic E-state index is 0. The number of aryl methyl sites for hydroxylation is 1. The Balaban J connectivity index is 0.00000181. The maximum Gasteiger partial charge on any atom is 1.00 e. The van der Waals surface area contributed by atoms with Crippen LogP contribution in [0.25, 0.3) is 0 Å². The third-order valence-corrected chi connectivity index (χ3v) is 6.19. The zero-order valence-electron chi connectivity index (χ0n) is 19.4. The van der Waals surface area contributed by atoms with Gasteiger partial charge >= 0.3 is 103 Å². The van der Waals surface area contributed by atoms with Crippen LogP contribution in [0.4, 0.5) is 0 Å². The van der Waals surface area contributed by atoms with Crippen molar-refractivity contribution in [2.24, 2.45) is 0 Å². The van der Waals surface area contributed by atoms with Crippen molar-refractivity contribution in [3.63, 3.8) is 0 Å². The molecule has 0 saturated heterocycles. The van der Waals surface area contributed by atoms with E-state index in [1.807, 2.05) is 19.1 Å². The molecule has 164 valence electrons. The van der Waals surface area contributed by atoms with Crippen molar-refractivity contribution in [2.45, 2.75) is 65.2 Å². The molecule has 0 aromatic heterocycles. The van der Waals surface area contributed by atoms with Gasteiger partial charge in [-0.15, -0.1) is 23.8 Å². The van der Waals surface area contributed by atoms with Crippen molar-refractivity contribution in [2.75, 3.05) is 0 Å². The molecule has 0 heterocycles. The molecule has 3 nitrogen and oxygen atoms in total. The quantitative estimate of drug-likeness (QED) is 0.359. The second-order valence-electron chi connectivity index (χ2n) is 8.50. The summed E-state index contributed by atoms with van der Waals surface area (Å²) in [6.45, 7) is 1.86. The average molecular weight is 495 g/mol. The van der Waals surface area contributed by atoms with E-state index < -0.39 is 0 Å². The summed E-state index contributed by atoms with van der Waals surface area (Å²) in [5, 5.41) is 30.4. The van der Waals surface area contributed by atoms with E-state index in [0.29, 0.717) is 24.5 Å². The Morgan fingerprint density at radius 2 is 1.42 bits per heavy atom. The van der Waals surface area contributed by atoms with Crippen LogP contribution in [-0.4, -0.2) is 15.3 Å². The molecule has 3 N–H and O–H groups in total. The van der Waals surface area contributed by atoms with E-state index in [4.69, 9.17) is 0 Å². The third kappa shape index (κ3) is 8.45. The predicted octanol–water partition coefficient (Wildman–Crippen LogP) is 0.586. The molecule has 0 spiro atoms. The number of phenols is 3. The molecular formula is C28H32K2O3. The Bertz CT molecular complexity index is 1030. The van der Waals surface area contributed by atoms with Gasteiger partial charge in [-0.1, -0.05) is 45.7 Å².